The topological polar surface area (TPSA) is 79.7 Å². The van der Waals surface area contributed by atoms with Crippen LogP contribution in [0.4, 0.5) is 0 Å². The summed E-state index contributed by atoms with van der Waals surface area (Å²) >= 11 is 0. The van der Waals surface area contributed by atoms with Crippen molar-refractivity contribution in [2.24, 2.45) is 0 Å². The number of nitrogens with zero attached hydrogens (tertiary/aromatic N) is 2. The number of aryl methyl sites for hydroxylation is 1. The van der Waals surface area contributed by atoms with E-state index >= 15 is 9.59 Å². The molecule has 0 aliphatic carbocycles. The van der Waals surface area contributed by atoms with Crippen molar-refractivity contribution in [2.45, 2.75) is 65.7 Å². The molecule has 0 radical (unpaired) electrons. The molecule has 4 aromatic carbocycles. The number of esters is 2. The zero-order valence-electron chi connectivity index (χ0n) is 30.5. The van der Waals surface area contributed by atoms with E-state index in [1.165, 1.54) is 0 Å². The molecule has 0 bridgehead atoms. The number of methoxy groups -OCH3 is 1. The van der Waals surface area contributed by atoms with Crippen molar-refractivity contribution < 1.29 is 23.8 Å². The highest BCUT2D eigenvalue weighted by atomic mass is 31.2. The number of fused-ring (bicyclic) bond motifs is 3. The summed E-state index contributed by atoms with van der Waals surface area (Å²) in [5.74, 6) is -0.558. The maximum atomic E-state index is 15.5. The van der Waals surface area contributed by atoms with Gasteiger partial charge in [-0.2, -0.15) is 0 Å². The zero-order chi connectivity index (χ0) is 36.6. The maximum absolute atomic E-state index is 15.5. The number of hydrogen-bond acceptors (Lipinski definition) is 6. The van der Waals surface area contributed by atoms with Crippen LogP contribution < -0.4 is 20.7 Å². The summed E-state index contributed by atoms with van der Waals surface area (Å²) in [5.41, 5.74) is 0.338. The number of rotatable bonds is 8. The Hall–Kier alpha value is -5.13. The van der Waals surface area contributed by atoms with E-state index in [4.69, 9.17) is 19.2 Å². The van der Waals surface area contributed by atoms with Gasteiger partial charge in [0.2, 0.25) is 0 Å². The van der Waals surface area contributed by atoms with Gasteiger partial charge >= 0.3 is 11.9 Å². The lowest BCUT2D eigenvalue weighted by Gasteiger charge is -2.37. The lowest BCUT2D eigenvalue weighted by Crippen LogP contribution is -2.45. The van der Waals surface area contributed by atoms with Crippen LogP contribution in [0.5, 0.6) is 5.75 Å². The molecule has 8 heteroatoms. The van der Waals surface area contributed by atoms with Gasteiger partial charge in [0.25, 0.3) is 0 Å². The molecule has 0 aliphatic heterocycles. The number of carbonyl (C=O) groups is 2. The third-order valence-electron chi connectivity index (χ3n) is 8.65. The Morgan fingerprint density at radius 1 is 0.686 bits per heavy atom. The van der Waals surface area contributed by atoms with Crippen molar-refractivity contribution in [1.29, 1.82) is 0 Å². The van der Waals surface area contributed by atoms with Crippen molar-refractivity contribution in [3.05, 3.63) is 127 Å². The number of ether oxygens (including phenoxy) is 3. The number of pyridine rings is 1. The summed E-state index contributed by atoms with van der Waals surface area (Å²) in [4.78, 5) is 35.6. The van der Waals surface area contributed by atoms with E-state index in [-0.39, 0.29) is 0 Å². The highest BCUT2D eigenvalue weighted by molar-refractivity contribution is 7.96. The first-order valence-electron chi connectivity index (χ1n) is 17.1. The lowest BCUT2D eigenvalue weighted by molar-refractivity contribution is -0.158. The molecule has 1 unspecified atom stereocenters. The first-order chi connectivity index (χ1) is 24.3. The summed E-state index contributed by atoms with van der Waals surface area (Å²) in [6.45, 7) is 9.73. The summed E-state index contributed by atoms with van der Waals surface area (Å²) < 4.78 is 20.5. The normalized spacial score (nSPS) is 12.8. The highest BCUT2D eigenvalue weighted by Gasteiger charge is 2.45. The smallest absolute Gasteiger partial charge is 0.338 e. The van der Waals surface area contributed by atoms with Crippen LogP contribution >= 0.6 is 6.89 Å². The molecule has 51 heavy (non-hydrogen) atoms. The van der Waals surface area contributed by atoms with Crippen molar-refractivity contribution >= 4 is 61.8 Å². The molecule has 1 atom stereocenters. The summed E-state index contributed by atoms with van der Waals surface area (Å²) in [6, 6.07) is 36.5. The Balaban J connectivity index is 1.97. The van der Waals surface area contributed by atoms with E-state index in [1.807, 2.05) is 168 Å². The number of aromatic nitrogens is 2. The van der Waals surface area contributed by atoms with Gasteiger partial charge in [-0.25, -0.2) is 9.59 Å². The SMILES string of the molecule is COc1ccc2c3ccnc(C)c3n(C(C(=O)OC(C)(C)C)C(C(=O)OC(C)(C)C)=P(c3ccccc3)(c3ccccc3)c3ccccc3)c2c1. The van der Waals surface area contributed by atoms with E-state index in [1.54, 1.807) is 13.3 Å². The first kappa shape index (κ1) is 35.7. The van der Waals surface area contributed by atoms with Crippen molar-refractivity contribution in [3.8, 4) is 5.75 Å². The molecule has 0 fully saturated rings. The van der Waals surface area contributed by atoms with Crippen LogP contribution in [0.1, 0.15) is 53.3 Å². The van der Waals surface area contributed by atoms with E-state index in [0.29, 0.717) is 27.8 Å². The predicted octanol–water partition coefficient (Wildman–Crippen LogP) is 7.90. The molecule has 262 valence electrons. The van der Waals surface area contributed by atoms with Gasteiger partial charge in [0.1, 0.15) is 17.0 Å². The van der Waals surface area contributed by atoms with Crippen LogP contribution in [0.15, 0.2) is 121 Å². The minimum Gasteiger partial charge on any atom is -0.497 e. The van der Waals surface area contributed by atoms with E-state index in [9.17, 15) is 0 Å². The molecule has 0 aliphatic rings. The van der Waals surface area contributed by atoms with Gasteiger partial charge in [-0.1, -0.05) is 91.0 Å². The second kappa shape index (κ2) is 13.9. The third kappa shape index (κ3) is 6.83. The third-order valence-corrected chi connectivity index (χ3v) is 13.0. The summed E-state index contributed by atoms with van der Waals surface area (Å²) in [5, 5.41) is 4.75. The Labute approximate surface area is 300 Å². The Morgan fingerprint density at radius 2 is 1.20 bits per heavy atom. The van der Waals surface area contributed by atoms with Crippen LogP contribution in [0.2, 0.25) is 0 Å². The minimum absolute atomic E-state index is 0.292. The van der Waals surface area contributed by atoms with Gasteiger partial charge in [-0.15, -0.1) is 0 Å². The van der Waals surface area contributed by atoms with Crippen LogP contribution in [0.3, 0.4) is 0 Å². The average Bonchev–Trinajstić information content (AvgIpc) is 3.42. The second-order valence-corrected chi connectivity index (χ2v) is 17.9. The summed E-state index contributed by atoms with van der Waals surface area (Å²) in [7, 11) is 1.61. The molecule has 2 aromatic heterocycles. The zero-order valence-corrected chi connectivity index (χ0v) is 31.4. The van der Waals surface area contributed by atoms with Crippen molar-refractivity contribution in [2.75, 3.05) is 7.11 Å². The summed E-state index contributed by atoms with van der Waals surface area (Å²) in [6.07, 6.45) is 1.77. The number of carbonyl (C=O) groups excluding carboxylic acids is 2. The first-order valence-corrected chi connectivity index (χ1v) is 18.9. The van der Waals surface area contributed by atoms with Crippen molar-refractivity contribution in [1.82, 2.24) is 9.55 Å². The fourth-order valence-corrected chi connectivity index (χ4v) is 11.3. The maximum Gasteiger partial charge on any atom is 0.338 e. The molecule has 6 aromatic rings. The van der Waals surface area contributed by atoms with E-state index in [0.717, 1.165) is 26.7 Å². The molecule has 6 rings (SSSR count). The van der Waals surface area contributed by atoms with Gasteiger partial charge in [0.15, 0.2) is 6.04 Å². The molecule has 0 saturated heterocycles. The van der Waals surface area contributed by atoms with Gasteiger partial charge in [-0.05, 0) is 89.5 Å². The molecule has 0 saturated carbocycles. The van der Waals surface area contributed by atoms with Gasteiger partial charge in [0.05, 0.1) is 29.1 Å². The quantitative estimate of drug-likeness (QED) is 0.119. The van der Waals surface area contributed by atoms with Crippen LogP contribution in [0, 0.1) is 6.92 Å². The monoisotopic (exact) mass is 700 g/mol. The van der Waals surface area contributed by atoms with Gasteiger partial charge in [-0.3, -0.25) is 4.98 Å². The molecular formula is C43H45N2O5P. The van der Waals surface area contributed by atoms with Crippen LogP contribution in [0.25, 0.3) is 21.8 Å². The minimum atomic E-state index is -3.24. The molecule has 0 amide bonds. The van der Waals surface area contributed by atoms with Crippen LogP contribution in [-0.4, -0.2) is 45.1 Å². The fourth-order valence-electron chi connectivity index (χ4n) is 6.81. The fraction of sp³-hybridized carbons (Fsp3) is 0.256. The largest absolute Gasteiger partial charge is 0.497 e. The molecule has 2 heterocycles. The van der Waals surface area contributed by atoms with E-state index < -0.39 is 36.1 Å². The van der Waals surface area contributed by atoms with Gasteiger partial charge < -0.3 is 18.8 Å². The Morgan fingerprint density at radius 3 is 1.67 bits per heavy atom. The standard InChI is InChI=1S/C43H45N2O5P/c1-29-37-35(26-27-44-29)34-25-24-30(48-8)28-36(34)45(37)38(40(46)49-42(2,3)4)39(41(47)50-43(5,6)7)51(31-18-12-9-13-19-31,32-20-14-10-15-21-32)33-22-16-11-17-23-33/h9-28,38H,1-8H3. The lowest BCUT2D eigenvalue weighted by atomic mass is 10.1. The predicted molar refractivity (Wildman–Crippen MR) is 209 cm³/mol. The highest BCUT2D eigenvalue weighted by Crippen LogP contribution is 2.50. The molecule has 0 N–H and O–H groups in total. The molecule has 7 nitrogen and oxygen atoms in total. The van der Waals surface area contributed by atoms with E-state index in [2.05, 4.69) is 0 Å². The number of hydrogen-bond donors (Lipinski definition) is 0. The second-order valence-electron chi connectivity index (χ2n) is 14.5. The Kier molecular flexibility index (Phi) is 9.71. The Bertz CT molecular complexity index is 2160. The molecule has 0 spiro atoms. The average molecular weight is 701 g/mol. The number of benzene rings is 4. The van der Waals surface area contributed by atoms with Crippen molar-refractivity contribution in [3.63, 3.8) is 0 Å². The molecular weight excluding hydrogens is 655 g/mol. The van der Waals surface area contributed by atoms with Gasteiger partial charge in [0, 0.05) is 23.0 Å². The van der Waals surface area contributed by atoms with Crippen LogP contribution in [-0.2, 0) is 19.1 Å².